The Labute approximate surface area is 102 Å². The van der Waals surface area contributed by atoms with E-state index in [1.807, 2.05) is 0 Å². The first kappa shape index (κ1) is 12.4. The molecule has 4 nitrogen and oxygen atoms in total. The van der Waals surface area contributed by atoms with Crippen LogP contribution in [-0.4, -0.2) is 25.7 Å². The number of nitrogens with zero attached hydrogens (tertiary/aromatic N) is 1. The lowest BCUT2D eigenvalue weighted by molar-refractivity contribution is -0.133. The van der Waals surface area contributed by atoms with Crippen LogP contribution in [0.15, 0.2) is 0 Å². The smallest absolute Gasteiger partial charge is 0.240 e. The van der Waals surface area contributed by atoms with Gasteiger partial charge < -0.3 is 10.1 Å². The van der Waals surface area contributed by atoms with Crippen molar-refractivity contribution in [3.8, 4) is 6.07 Å². The van der Waals surface area contributed by atoms with Crippen LogP contribution >= 0.6 is 0 Å². The van der Waals surface area contributed by atoms with Crippen LogP contribution in [0.5, 0.6) is 0 Å². The van der Waals surface area contributed by atoms with Crippen LogP contribution in [0.2, 0.25) is 0 Å². The molecule has 1 amide bonds. The summed E-state index contributed by atoms with van der Waals surface area (Å²) in [5.41, 5.74) is -0.731. The van der Waals surface area contributed by atoms with Gasteiger partial charge in [0.1, 0.15) is 5.41 Å². The van der Waals surface area contributed by atoms with E-state index in [2.05, 4.69) is 18.3 Å². The summed E-state index contributed by atoms with van der Waals surface area (Å²) in [6.45, 7) is 4.41. The molecule has 4 heteroatoms. The Bertz CT molecular complexity index is 323. The van der Waals surface area contributed by atoms with Crippen LogP contribution in [0.4, 0.5) is 0 Å². The normalized spacial score (nSPS) is 36.0. The quantitative estimate of drug-likeness (QED) is 0.804. The second kappa shape index (κ2) is 5.05. The molecule has 1 saturated carbocycles. The summed E-state index contributed by atoms with van der Waals surface area (Å²) in [5, 5.41) is 12.0. The molecule has 2 aliphatic rings. The molecule has 0 aromatic heterocycles. The zero-order valence-corrected chi connectivity index (χ0v) is 10.4. The van der Waals surface area contributed by atoms with Crippen molar-refractivity contribution >= 4 is 5.91 Å². The molecular weight excluding hydrogens is 216 g/mol. The van der Waals surface area contributed by atoms with Crippen LogP contribution in [-0.2, 0) is 9.53 Å². The Hall–Kier alpha value is -1.08. The van der Waals surface area contributed by atoms with E-state index in [-0.39, 0.29) is 5.91 Å². The van der Waals surface area contributed by atoms with Crippen molar-refractivity contribution in [2.45, 2.75) is 32.6 Å². The Morgan fingerprint density at radius 2 is 2.35 bits per heavy atom. The monoisotopic (exact) mass is 236 g/mol. The molecule has 1 atom stereocenters. The summed E-state index contributed by atoms with van der Waals surface area (Å²) in [6.07, 6.45) is 3.48. The highest BCUT2D eigenvalue weighted by Gasteiger charge is 2.48. The predicted molar refractivity (Wildman–Crippen MR) is 63.0 cm³/mol. The van der Waals surface area contributed by atoms with Gasteiger partial charge in [-0.05, 0) is 37.5 Å². The Morgan fingerprint density at radius 3 is 2.88 bits per heavy atom. The molecule has 1 N–H and O–H groups in total. The molecule has 2 fully saturated rings. The number of hydrogen-bond donors (Lipinski definition) is 1. The largest absolute Gasteiger partial charge is 0.381 e. The van der Waals surface area contributed by atoms with Crippen LogP contribution in [0.3, 0.4) is 0 Å². The third-order valence-electron chi connectivity index (χ3n) is 3.90. The van der Waals surface area contributed by atoms with Gasteiger partial charge in [-0.25, -0.2) is 0 Å². The van der Waals surface area contributed by atoms with Crippen molar-refractivity contribution in [1.82, 2.24) is 5.32 Å². The van der Waals surface area contributed by atoms with E-state index in [4.69, 9.17) is 10.00 Å². The van der Waals surface area contributed by atoms with E-state index in [9.17, 15) is 4.79 Å². The Kier molecular flexibility index (Phi) is 3.68. The van der Waals surface area contributed by atoms with E-state index >= 15 is 0 Å². The van der Waals surface area contributed by atoms with Crippen LogP contribution < -0.4 is 5.32 Å². The summed E-state index contributed by atoms with van der Waals surface area (Å²) in [4.78, 5) is 11.9. The first-order valence-electron chi connectivity index (χ1n) is 6.43. The lowest BCUT2D eigenvalue weighted by Gasteiger charge is -2.39. The molecule has 0 spiro atoms. The first-order chi connectivity index (χ1) is 8.16. The minimum atomic E-state index is -0.731. The number of ether oxygens (including phenoxy) is 1. The Balaban J connectivity index is 1.71. The molecule has 2 rings (SSSR count). The van der Waals surface area contributed by atoms with Crippen molar-refractivity contribution in [2.75, 3.05) is 19.8 Å². The molecule has 1 aliphatic heterocycles. The van der Waals surface area contributed by atoms with E-state index in [1.54, 1.807) is 0 Å². The molecule has 94 valence electrons. The number of nitriles is 1. The van der Waals surface area contributed by atoms with Crippen molar-refractivity contribution in [2.24, 2.45) is 17.3 Å². The number of carbonyl (C=O) groups is 1. The van der Waals surface area contributed by atoms with Gasteiger partial charge in [-0.3, -0.25) is 4.79 Å². The van der Waals surface area contributed by atoms with Gasteiger partial charge in [0, 0.05) is 19.8 Å². The highest BCUT2D eigenvalue weighted by Crippen LogP contribution is 2.45. The third kappa shape index (κ3) is 2.61. The van der Waals surface area contributed by atoms with Gasteiger partial charge in [-0.1, -0.05) is 6.92 Å². The highest BCUT2D eigenvalue weighted by atomic mass is 16.5. The molecule has 0 radical (unpaired) electrons. The SMILES string of the molecule is CC1CC(C#N)(C(=O)NCCC2CCOC2)C1. The summed E-state index contributed by atoms with van der Waals surface area (Å²) < 4.78 is 5.28. The average molecular weight is 236 g/mol. The fourth-order valence-corrected chi connectivity index (χ4v) is 2.83. The fraction of sp³-hybridized carbons (Fsp3) is 0.846. The number of carbonyl (C=O) groups excluding carboxylic acids is 1. The molecule has 1 unspecified atom stereocenters. The fourth-order valence-electron chi connectivity index (χ4n) is 2.83. The number of amides is 1. The van der Waals surface area contributed by atoms with Gasteiger partial charge in [0.15, 0.2) is 0 Å². The summed E-state index contributed by atoms with van der Waals surface area (Å²) in [6, 6.07) is 2.19. The van der Waals surface area contributed by atoms with E-state index in [0.717, 1.165) is 26.1 Å². The van der Waals surface area contributed by atoms with Gasteiger partial charge in [0.25, 0.3) is 0 Å². The highest BCUT2D eigenvalue weighted by molar-refractivity contribution is 5.86. The van der Waals surface area contributed by atoms with Crippen molar-refractivity contribution in [3.05, 3.63) is 0 Å². The van der Waals surface area contributed by atoms with Gasteiger partial charge in [0.2, 0.25) is 5.91 Å². The van der Waals surface area contributed by atoms with E-state index in [1.165, 1.54) is 0 Å². The molecule has 17 heavy (non-hydrogen) atoms. The Morgan fingerprint density at radius 1 is 1.59 bits per heavy atom. The predicted octanol–water partition coefficient (Wildman–Crippen LogP) is 1.47. The van der Waals surface area contributed by atoms with Gasteiger partial charge in [0.05, 0.1) is 6.07 Å². The van der Waals surface area contributed by atoms with Crippen molar-refractivity contribution < 1.29 is 9.53 Å². The molecule has 0 bridgehead atoms. The van der Waals surface area contributed by atoms with Gasteiger partial charge in [-0.2, -0.15) is 5.26 Å². The zero-order valence-electron chi connectivity index (χ0n) is 10.4. The number of hydrogen-bond acceptors (Lipinski definition) is 3. The van der Waals surface area contributed by atoms with Crippen molar-refractivity contribution in [3.63, 3.8) is 0 Å². The maximum Gasteiger partial charge on any atom is 0.240 e. The molecule has 0 aromatic carbocycles. The minimum absolute atomic E-state index is 0.0722. The summed E-state index contributed by atoms with van der Waals surface area (Å²) >= 11 is 0. The van der Waals surface area contributed by atoms with E-state index < -0.39 is 5.41 Å². The standard InChI is InChI=1S/C13H20N2O2/c1-10-6-13(7-10,9-14)12(16)15-4-2-11-3-5-17-8-11/h10-11H,2-8H2,1H3,(H,15,16). The second-order valence-corrected chi connectivity index (χ2v) is 5.48. The van der Waals surface area contributed by atoms with E-state index in [0.29, 0.717) is 31.2 Å². The lowest BCUT2D eigenvalue weighted by Crippen LogP contribution is -2.48. The molecule has 0 aromatic rings. The molecular formula is C13H20N2O2. The zero-order chi connectivity index (χ0) is 12.3. The van der Waals surface area contributed by atoms with Crippen LogP contribution in [0.25, 0.3) is 0 Å². The lowest BCUT2D eigenvalue weighted by atomic mass is 9.63. The van der Waals surface area contributed by atoms with Gasteiger partial charge >= 0.3 is 0 Å². The molecule has 1 heterocycles. The summed E-state index contributed by atoms with van der Waals surface area (Å²) in [7, 11) is 0. The number of nitrogens with one attached hydrogen (secondary N) is 1. The van der Waals surface area contributed by atoms with Crippen LogP contribution in [0, 0.1) is 28.6 Å². The maximum absolute atomic E-state index is 11.9. The second-order valence-electron chi connectivity index (χ2n) is 5.48. The summed E-state index contributed by atoms with van der Waals surface area (Å²) in [5.74, 6) is 1.01. The van der Waals surface area contributed by atoms with Gasteiger partial charge in [-0.15, -0.1) is 0 Å². The first-order valence-corrected chi connectivity index (χ1v) is 6.43. The average Bonchev–Trinajstić information content (AvgIpc) is 2.77. The van der Waals surface area contributed by atoms with Crippen LogP contribution in [0.1, 0.15) is 32.6 Å². The number of rotatable bonds is 4. The molecule has 1 saturated heterocycles. The molecule has 1 aliphatic carbocycles. The topological polar surface area (TPSA) is 62.1 Å². The van der Waals surface area contributed by atoms with Crippen molar-refractivity contribution in [1.29, 1.82) is 5.26 Å². The minimum Gasteiger partial charge on any atom is -0.381 e. The maximum atomic E-state index is 11.9. The third-order valence-corrected chi connectivity index (χ3v) is 3.90.